The van der Waals surface area contributed by atoms with Crippen LogP contribution in [0, 0.1) is 5.92 Å². The molecular formula is C14H26N2O. The van der Waals surface area contributed by atoms with Crippen LogP contribution in [0.2, 0.25) is 0 Å². The molecule has 0 radical (unpaired) electrons. The normalized spacial score (nSPS) is 26.5. The summed E-state index contributed by atoms with van der Waals surface area (Å²) in [4.78, 5) is 14.3. The van der Waals surface area contributed by atoms with Gasteiger partial charge in [-0.05, 0) is 31.6 Å². The fraction of sp³-hybridized carbons (Fsp3) is 0.929. The fourth-order valence-corrected chi connectivity index (χ4v) is 3.24. The number of hydrogen-bond acceptors (Lipinski definition) is 1. The molecule has 1 unspecified atom stereocenters. The second-order valence-electron chi connectivity index (χ2n) is 5.93. The van der Waals surface area contributed by atoms with Crippen LogP contribution in [0.4, 0.5) is 4.79 Å². The highest BCUT2D eigenvalue weighted by atomic mass is 16.2. The average molecular weight is 238 g/mol. The highest BCUT2D eigenvalue weighted by molar-refractivity contribution is 5.75. The van der Waals surface area contributed by atoms with Gasteiger partial charge in [0.05, 0.1) is 0 Å². The minimum absolute atomic E-state index is 0.188. The van der Waals surface area contributed by atoms with Gasteiger partial charge in [-0.3, -0.25) is 0 Å². The van der Waals surface area contributed by atoms with Gasteiger partial charge in [0.25, 0.3) is 0 Å². The molecule has 0 aromatic heterocycles. The number of rotatable bonds is 2. The van der Waals surface area contributed by atoms with Gasteiger partial charge in [-0.1, -0.05) is 33.1 Å². The SMILES string of the molecule is CC(C)C1CCCN1C(=O)NC1CCCCC1. The predicted molar refractivity (Wildman–Crippen MR) is 70.0 cm³/mol. The fourth-order valence-electron chi connectivity index (χ4n) is 3.24. The molecule has 17 heavy (non-hydrogen) atoms. The van der Waals surface area contributed by atoms with Gasteiger partial charge in [-0.15, -0.1) is 0 Å². The van der Waals surface area contributed by atoms with Gasteiger partial charge in [-0.2, -0.15) is 0 Å². The Hall–Kier alpha value is -0.730. The summed E-state index contributed by atoms with van der Waals surface area (Å²) in [5, 5.41) is 3.23. The van der Waals surface area contributed by atoms with E-state index < -0.39 is 0 Å². The Bertz CT molecular complexity index is 259. The molecule has 1 saturated heterocycles. The summed E-state index contributed by atoms with van der Waals surface area (Å²) in [6.45, 7) is 5.38. The molecule has 0 aromatic rings. The minimum atomic E-state index is 0.188. The summed E-state index contributed by atoms with van der Waals surface area (Å²) < 4.78 is 0. The number of carbonyl (C=O) groups excluding carboxylic acids is 1. The number of nitrogens with zero attached hydrogens (tertiary/aromatic N) is 1. The first-order valence-electron chi connectivity index (χ1n) is 7.25. The van der Waals surface area contributed by atoms with Gasteiger partial charge in [0.1, 0.15) is 0 Å². The molecule has 0 bridgehead atoms. The Morgan fingerprint density at radius 3 is 2.47 bits per heavy atom. The zero-order chi connectivity index (χ0) is 12.3. The van der Waals surface area contributed by atoms with Crippen LogP contribution in [-0.4, -0.2) is 29.6 Å². The summed E-state index contributed by atoms with van der Waals surface area (Å²) in [5.41, 5.74) is 0. The van der Waals surface area contributed by atoms with Crippen molar-refractivity contribution in [2.45, 2.75) is 70.9 Å². The van der Waals surface area contributed by atoms with Gasteiger partial charge in [0.2, 0.25) is 0 Å². The molecule has 1 aliphatic heterocycles. The molecule has 1 saturated carbocycles. The Kier molecular flexibility index (Phi) is 4.30. The molecule has 2 amide bonds. The number of carbonyl (C=O) groups is 1. The van der Waals surface area contributed by atoms with Crippen LogP contribution < -0.4 is 5.32 Å². The number of hydrogen-bond donors (Lipinski definition) is 1. The van der Waals surface area contributed by atoms with E-state index in [4.69, 9.17) is 0 Å². The quantitative estimate of drug-likeness (QED) is 0.787. The van der Waals surface area contributed by atoms with Crippen molar-refractivity contribution in [2.24, 2.45) is 5.92 Å². The van der Waals surface area contributed by atoms with Gasteiger partial charge >= 0.3 is 6.03 Å². The molecule has 2 aliphatic rings. The van der Waals surface area contributed by atoms with Crippen molar-refractivity contribution in [1.82, 2.24) is 10.2 Å². The minimum Gasteiger partial charge on any atom is -0.335 e. The summed E-state index contributed by atoms with van der Waals surface area (Å²) in [5.74, 6) is 0.578. The maximum Gasteiger partial charge on any atom is 0.317 e. The van der Waals surface area contributed by atoms with Crippen LogP contribution >= 0.6 is 0 Å². The molecule has 98 valence electrons. The van der Waals surface area contributed by atoms with Crippen LogP contribution in [0.1, 0.15) is 58.8 Å². The van der Waals surface area contributed by atoms with Crippen molar-refractivity contribution in [3.8, 4) is 0 Å². The van der Waals surface area contributed by atoms with E-state index in [-0.39, 0.29) is 6.03 Å². The van der Waals surface area contributed by atoms with Crippen molar-refractivity contribution < 1.29 is 4.79 Å². The highest BCUT2D eigenvalue weighted by Crippen LogP contribution is 2.24. The van der Waals surface area contributed by atoms with Gasteiger partial charge in [-0.25, -0.2) is 4.79 Å². The van der Waals surface area contributed by atoms with Crippen LogP contribution in [0.5, 0.6) is 0 Å². The number of likely N-dealkylation sites (tertiary alicyclic amines) is 1. The molecule has 1 atom stereocenters. The monoisotopic (exact) mass is 238 g/mol. The molecule has 0 aromatic carbocycles. The largest absolute Gasteiger partial charge is 0.335 e. The lowest BCUT2D eigenvalue weighted by atomic mass is 9.95. The lowest BCUT2D eigenvalue weighted by Gasteiger charge is -2.31. The van der Waals surface area contributed by atoms with Crippen molar-refractivity contribution in [3.05, 3.63) is 0 Å². The average Bonchev–Trinajstić information content (AvgIpc) is 2.79. The second kappa shape index (κ2) is 5.74. The van der Waals surface area contributed by atoms with E-state index in [9.17, 15) is 4.79 Å². The standard InChI is InChI=1S/C14H26N2O/c1-11(2)13-9-6-10-16(13)14(17)15-12-7-4-3-5-8-12/h11-13H,3-10H2,1-2H3,(H,15,17). The smallest absolute Gasteiger partial charge is 0.317 e. The van der Waals surface area contributed by atoms with E-state index in [0.717, 1.165) is 6.54 Å². The number of nitrogens with one attached hydrogen (secondary N) is 1. The van der Waals surface area contributed by atoms with Crippen molar-refractivity contribution in [1.29, 1.82) is 0 Å². The molecule has 1 aliphatic carbocycles. The Morgan fingerprint density at radius 2 is 1.82 bits per heavy atom. The van der Waals surface area contributed by atoms with Gasteiger partial charge in [0, 0.05) is 18.6 Å². The third-order valence-corrected chi connectivity index (χ3v) is 4.26. The molecule has 1 heterocycles. The van der Waals surface area contributed by atoms with Crippen LogP contribution in [-0.2, 0) is 0 Å². The van der Waals surface area contributed by atoms with E-state index in [1.807, 2.05) is 0 Å². The Morgan fingerprint density at radius 1 is 1.12 bits per heavy atom. The van der Waals surface area contributed by atoms with E-state index >= 15 is 0 Å². The third kappa shape index (κ3) is 3.14. The zero-order valence-corrected chi connectivity index (χ0v) is 11.2. The van der Waals surface area contributed by atoms with Crippen molar-refractivity contribution >= 4 is 6.03 Å². The molecule has 1 N–H and O–H groups in total. The van der Waals surface area contributed by atoms with Crippen LogP contribution in [0.3, 0.4) is 0 Å². The summed E-state index contributed by atoms with van der Waals surface area (Å²) in [6, 6.07) is 1.08. The molecular weight excluding hydrogens is 212 g/mol. The second-order valence-corrected chi connectivity index (χ2v) is 5.93. The maximum absolute atomic E-state index is 12.2. The van der Waals surface area contributed by atoms with Gasteiger partial charge in [0.15, 0.2) is 0 Å². The summed E-state index contributed by atoms with van der Waals surface area (Å²) >= 11 is 0. The first-order valence-corrected chi connectivity index (χ1v) is 7.25. The summed E-state index contributed by atoms with van der Waals surface area (Å²) in [7, 11) is 0. The van der Waals surface area contributed by atoms with Crippen LogP contribution in [0.15, 0.2) is 0 Å². The summed E-state index contributed by atoms with van der Waals surface area (Å²) in [6.07, 6.45) is 8.58. The number of amides is 2. The Labute approximate surface area is 105 Å². The molecule has 3 heteroatoms. The lowest BCUT2D eigenvalue weighted by Crippen LogP contribution is -2.48. The Balaban J connectivity index is 1.86. The van der Waals surface area contributed by atoms with E-state index in [2.05, 4.69) is 24.1 Å². The first-order chi connectivity index (χ1) is 8.18. The number of urea groups is 1. The van der Waals surface area contributed by atoms with Crippen LogP contribution in [0.25, 0.3) is 0 Å². The van der Waals surface area contributed by atoms with Crippen molar-refractivity contribution in [3.63, 3.8) is 0 Å². The molecule has 3 nitrogen and oxygen atoms in total. The molecule has 2 fully saturated rings. The van der Waals surface area contributed by atoms with Gasteiger partial charge < -0.3 is 10.2 Å². The lowest BCUT2D eigenvalue weighted by molar-refractivity contribution is 0.172. The third-order valence-electron chi connectivity index (χ3n) is 4.26. The maximum atomic E-state index is 12.2. The zero-order valence-electron chi connectivity index (χ0n) is 11.2. The van der Waals surface area contributed by atoms with E-state index in [1.165, 1.54) is 44.9 Å². The highest BCUT2D eigenvalue weighted by Gasteiger charge is 2.31. The van der Waals surface area contributed by atoms with E-state index in [0.29, 0.717) is 18.0 Å². The van der Waals surface area contributed by atoms with E-state index in [1.54, 1.807) is 0 Å². The predicted octanol–water partition coefficient (Wildman–Crippen LogP) is 3.15. The van der Waals surface area contributed by atoms with Crippen molar-refractivity contribution in [2.75, 3.05) is 6.54 Å². The molecule has 2 rings (SSSR count). The first kappa shape index (κ1) is 12.7. The topological polar surface area (TPSA) is 32.3 Å². The molecule has 0 spiro atoms.